The third-order valence-corrected chi connectivity index (χ3v) is 5.56. The van der Waals surface area contributed by atoms with Crippen LogP contribution in [-0.2, 0) is 0 Å². The number of rotatable bonds is 12. The molecule has 2 heteroatoms. The van der Waals surface area contributed by atoms with Crippen LogP contribution in [0.1, 0.15) is 78.1 Å². The fraction of sp³-hybridized carbons (Fsp3) is 1.00. The fourth-order valence-corrected chi connectivity index (χ4v) is 4.47. The minimum atomic E-state index is 0.806. The van der Waals surface area contributed by atoms with E-state index in [4.69, 9.17) is 0 Å². The van der Waals surface area contributed by atoms with Crippen molar-refractivity contribution in [1.29, 1.82) is 0 Å². The van der Waals surface area contributed by atoms with Gasteiger partial charge in [-0.05, 0) is 36.8 Å². The van der Waals surface area contributed by atoms with E-state index in [1.165, 1.54) is 75.7 Å². The Kier molecular flexibility index (Phi) is 11.0. The van der Waals surface area contributed by atoms with Crippen LogP contribution in [0.15, 0.2) is 0 Å². The van der Waals surface area contributed by atoms with Crippen LogP contribution in [-0.4, -0.2) is 24.1 Å². The molecule has 2 unspecified atom stereocenters. The largest absolute Gasteiger partial charge is 0.314 e. The molecule has 2 atom stereocenters. The molecule has 0 radical (unpaired) electrons. The van der Waals surface area contributed by atoms with Gasteiger partial charge in [-0.3, -0.25) is 0 Å². The second kappa shape index (κ2) is 12.1. The van der Waals surface area contributed by atoms with Crippen LogP contribution >= 0.6 is 11.8 Å². The van der Waals surface area contributed by atoms with Crippen molar-refractivity contribution >= 4 is 11.8 Å². The lowest BCUT2D eigenvalue weighted by molar-refractivity contribution is 0.356. The van der Waals surface area contributed by atoms with Crippen LogP contribution in [0.5, 0.6) is 0 Å². The van der Waals surface area contributed by atoms with E-state index < -0.39 is 0 Å². The molecule has 1 aliphatic rings. The first kappa shape index (κ1) is 17.4. The van der Waals surface area contributed by atoms with Gasteiger partial charge in [0, 0.05) is 6.04 Å². The summed E-state index contributed by atoms with van der Waals surface area (Å²) in [5, 5.41) is 3.73. The number of hydrogen-bond acceptors (Lipinski definition) is 2. The Hall–Kier alpha value is 0.310. The zero-order valence-corrected chi connectivity index (χ0v) is 14.1. The van der Waals surface area contributed by atoms with E-state index in [1.807, 2.05) is 0 Å². The van der Waals surface area contributed by atoms with E-state index in [9.17, 15) is 0 Å². The van der Waals surface area contributed by atoms with Gasteiger partial charge in [-0.25, -0.2) is 0 Å². The fourth-order valence-electron chi connectivity index (χ4n) is 3.13. The molecule has 1 N–H and O–H groups in total. The topological polar surface area (TPSA) is 12.0 Å². The molecule has 1 heterocycles. The lowest BCUT2D eigenvalue weighted by atomic mass is 9.93. The predicted octanol–water partition coefficient (Wildman–Crippen LogP) is 5.25. The zero-order valence-electron chi connectivity index (χ0n) is 13.3. The van der Waals surface area contributed by atoms with Gasteiger partial charge in [0.2, 0.25) is 0 Å². The van der Waals surface area contributed by atoms with E-state index in [-0.39, 0.29) is 0 Å². The van der Waals surface area contributed by atoms with Crippen LogP contribution in [0.2, 0.25) is 0 Å². The highest BCUT2D eigenvalue weighted by Gasteiger charge is 2.23. The SMILES string of the molecule is CCCCCCCCCCC(NCC)C1CCSC1. The summed E-state index contributed by atoms with van der Waals surface area (Å²) in [7, 11) is 0. The zero-order chi connectivity index (χ0) is 13.8. The number of unbranched alkanes of at least 4 members (excludes halogenated alkanes) is 7. The van der Waals surface area contributed by atoms with E-state index >= 15 is 0 Å². The molecule has 1 saturated heterocycles. The van der Waals surface area contributed by atoms with Gasteiger partial charge in [0.25, 0.3) is 0 Å². The molecule has 114 valence electrons. The maximum Gasteiger partial charge on any atom is 0.0103 e. The quantitative estimate of drug-likeness (QED) is 0.492. The monoisotopic (exact) mass is 285 g/mol. The van der Waals surface area contributed by atoms with Crippen molar-refractivity contribution in [3.05, 3.63) is 0 Å². The highest BCUT2D eigenvalue weighted by Crippen LogP contribution is 2.28. The minimum Gasteiger partial charge on any atom is -0.314 e. The van der Waals surface area contributed by atoms with Gasteiger partial charge < -0.3 is 5.32 Å². The Morgan fingerprint density at radius 3 is 2.26 bits per heavy atom. The minimum absolute atomic E-state index is 0.806. The maximum atomic E-state index is 3.73. The smallest absolute Gasteiger partial charge is 0.0103 e. The standard InChI is InChI=1S/C17H35NS/c1-3-5-6-7-8-9-10-11-12-17(18-4-2)16-13-14-19-15-16/h16-18H,3-15H2,1-2H3. The van der Waals surface area contributed by atoms with Gasteiger partial charge in [-0.15, -0.1) is 0 Å². The molecule has 19 heavy (non-hydrogen) atoms. The Morgan fingerprint density at radius 1 is 1.00 bits per heavy atom. The molecule has 1 aliphatic heterocycles. The normalized spacial score (nSPS) is 20.8. The number of hydrogen-bond donors (Lipinski definition) is 1. The molecular formula is C17H35NS. The summed E-state index contributed by atoms with van der Waals surface area (Å²) < 4.78 is 0. The summed E-state index contributed by atoms with van der Waals surface area (Å²) in [5.41, 5.74) is 0. The van der Waals surface area contributed by atoms with E-state index in [2.05, 4.69) is 30.9 Å². The number of thioether (sulfide) groups is 1. The van der Waals surface area contributed by atoms with Crippen LogP contribution in [0.3, 0.4) is 0 Å². The van der Waals surface area contributed by atoms with Crippen LogP contribution in [0.4, 0.5) is 0 Å². The van der Waals surface area contributed by atoms with Crippen molar-refractivity contribution < 1.29 is 0 Å². The van der Waals surface area contributed by atoms with Gasteiger partial charge in [-0.2, -0.15) is 11.8 Å². The van der Waals surface area contributed by atoms with Crippen LogP contribution in [0, 0.1) is 5.92 Å². The Balaban J connectivity index is 1.98. The Morgan fingerprint density at radius 2 is 1.68 bits per heavy atom. The van der Waals surface area contributed by atoms with Crippen LogP contribution in [0.25, 0.3) is 0 Å². The first-order valence-electron chi connectivity index (χ1n) is 8.69. The van der Waals surface area contributed by atoms with Gasteiger partial charge in [0.1, 0.15) is 0 Å². The molecular weight excluding hydrogens is 250 g/mol. The summed E-state index contributed by atoms with van der Waals surface area (Å²) in [6, 6.07) is 0.806. The molecule has 0 aliphatic carbocycles. The number of nitrogens with one attached hydrogen (secondary N) is 1. The van der Waals surface area contributed by atoms with Crippen molar-refractivity contribution in [3.63, 3.8) is 0 Å². The second-order valence-corrected chi connectivity index (χ2v) is 7.20. The molecule has 1 fully saturated rings. The summed E-state index contributed by atoms with van der Waals surface area (Å²) in [4.78, 5) is 0. The maximum absolute atomic E-state index is 3.73. The molecule has 1 rings (SSSR count). The third-order valence-electron chi connectivity index (χ3n) is 4.37. The highest BCUT2D eigenvalue weighted by molar-refractivity contribution is 7.99. The Bertz CT molecular complexity index is 190. The molecule has 0 aromatic heterocycles. The summed E-state index contributed by atoms with van der Waals surface area (Å²) in [6.45, 7) is 5.69. The Labute approximate surface area is 125 Å². The van der Waals surface area contributed by atoms with Gasteiger partial charge in [0.05, 0.1) is 0 Å². The first-order valence-corrected chi connectivity index (χ1v) is 9.85. The lowest BCUT2D eigenvalue weighted by Gasteiger charge is -2.23. The molecule has 0 aromatic rings. The molecule has 0 spiro atoms. The lowest BCUT2D eigenvalue weighted by Crippen LogP contribution is -2.36. The first-order chi connectivity index (χ1) is 9.38. The van der Waals surface area contributed by atoms with Crippen LogP contribution < -0.4 is 5.32 Å². The van der Waals surface area contributed by atoms with Gasteiger partial charge in [0.15, 0.2) is 0 Å². The molecule has 0 amide bonds. The molecule has 1 nitrogen and oxygen atoms in total. The predicted molar refractivity (Wildman–Crippen MR) is 90.1 cm³/mol. The summed E-state index contributed by atoms with van der Waals surface area (Å²) in [6.07, 6.45) is 14.4. The van der Waals surface area contributed by atoms with Gasteiger partial charge in [-0.1, -0.05) is 65.2 Å². The second-order valence-electron chi connectivity index (χ2n) is 6.05. The highest BCUT2D eigenvalue weighted by atomic mass is 32.2. The average Bonchev–Trinajstić information content (AvgIpc) is 2.94. The van der Waals surface area contributed by atoms with Crippen molar-refractivity contribution in [2.75, 3.05) is 18.1 Å². The molecule has 0 aromatic carbocycles. The van der Waals surface area contributed by atoms with Crippen molar-refractivity contribution in [2.45, 2.75) is 84.1 Å². The van der Waals surface area contributed by atoms with Crippen molar-refractivity contribution in [3.8, 4) is 0 Å². The van der Waals surface area contributed by atoms with E-state index in [1.54, 1.807) is 0 Å². The van der Waals surface area contributed by atoms with E-state index in [0.717, 1.165) is 18.5 Å². The van der Waals surface area contributed by atoms with Crippen molar-refractivity contribution in [1.82, 2.24) is 5.32 Å². The average molecular weight is 286 g/mol. The summed E-state index contributed by atoms with van der Waals surface area (Å²) in [5.74, 6) is 3.74. The molecule has 0 bridgehead atoms. The van der Waals surface area contributed by atoms with Gasteiger partial charge >= 0.3 is 0 Å². The van der Waals surface area contributed by atoms with E-state index in [0.29, 0.717) is 0 Å². The third kappa shape index (κ3) is 8.24. The van der Waals surface area contributed by atoms with Crippen molar-refractivity contribution in [2.24, 2.45) is 5.92 Å². The molecule has 0 saturated carbocycles. The summed E-state index contributed by atoms with van der Waals surface area (Å²) >= 11 is 2.15.